The van der Waals surface area contributed by atoms with Crippen LogP contribution in [0.5, 0.6) is 0 Å². The molecule has 18 heavy (non-hydrogen) atoms. The molecule has 0 atom stereocenters. The first-order chi connectivity index (χ1) is 8.33. The summed E-state index contributed by atoms with van der Waals surface area (Å²) in [6.45, 7) is 4.94. The maximum atomic E-state index is 11.0. The van der Waals surface area contributed by atoms with E-state index < -0.39 is 0 Å². The molecule has 0 radical (unpaired) electrons. The van der Waals surface area contributed by atoms with Gasteiger partial charge in [0.25, 0.3) is 0 Å². The number of unbranched alkanes of at least 4 members (excludes halogenated alkanes) is 3. The summed E-state index contributed by atoms with van der Waals surface area (Å²) in [6, 6.07) is 0. The minimum absolute atomic E-state index is 0. The highest BCUT2D eigenvalue weighted by atomic mass is 35.5. The van der Waals surface area contributed by atoms with Crippen LogP contribution in [0.3, 0.4) is 0 Å². The summed E-state index contributed by atoms with van der Waals surface area (Å²) in [5.74, 6) is -0.0966. The molecule has 0 unspecified atom stereocenters. The second-order valence-electron chi connectivity index (χ2n) is 4.33. The van der Waals surface area contributed by atoms with Crippen LogP contribution in [0.4, 0.5) is 0 Å². The van der Waals surface area contributed by atoms with Gasteiger partial charge in [0.2, 0.25) is 0 Å². The van der Waals surface area contributed by atoms with Crippen molar-refractivity contribution in [2.24, 2.45) is 5.16 Å². The minimum Gasteiger partial charge on any atom is -0.411 e. The fraction of sp³-hybridized carbons (Fsp3) is 0.833. The predicted molar refractivity (Wildman–Crippen MR) is 72.9 cm³/mol. The third-order valence-electron chi connectivity index (χ3n) is 2.95. The van der Waals surface area contributed by atoms with Crippen molar-refractivity contribution in [3.63, 3.8) is 0 Å². The third-order valence-corrected chi connectivity index (χ3v) is 2.95. The first-order valence-corrected chi connectivity index (χ1v) is 6.33. The van der Waals surface area contributed by atoms with E-state index in [4.69, 9.17) is 9.94 Å². The van der Waals surface area contributed by atoms with Gasteiger partial charge in [0, 0.05) is 19.5 Å². The highest BCUT2D eigenvalue weighted by Gasteiger charge is 2.08. The van der Waals surface area contributed by atoms with Gasteiger partial charge in [-0.15, -0.1) is 12.4 Å². The van der Waals surface area contributed by atoms with Crippen LogP contribution in [-0.2, 0) is 9.53 Å². The molecule has 0 saturated carbocycles. The van der Waals surface area contributed by atoms with Crippen LogP contribution < -0.4 is 0 Å². The van der Waals surface area contributed by atoms with E-state index in [0.29, 0.717) is 6.42 Å². The number of nitrogens with zero attached hydrogens (tertiary/aromatic N) is 2. The molecule has 6 heteroatoms. The number of Topliss-reactive ketones (excluding diaryl/α,β-unsaturated/α-hetero) is 1. The van der Waals surface area contributed by atoms with Gasteiger partial charge in [-0.25, -0.2) is 0 Å². The maximum absolute atomic E-state index is 11.0. The zero-order valence-corrected chi connectivity index (χ0v) is 11.5. The number of halogens is 1. The summed E-state index contributed by atoms with van der Waals surface area (Å²) >= 11 is 0. The van der Waals surface area contributed by atoms with Crippen LogP contribution in [0, 0.1) is 0 Å². The van der Waals surface area contributed by atoms with Gasteiger partial charge in [-0.3, -0.25) is 9.69 Å². The third kappa shape index (κ3) is 8.44. The summed E-state index contributed by atoms with van der Waals surface area (Å²) in [6.07, 6.45) is 5.75. The van der Waals surface area contributed by atoms with E-state index in [-0.39, 0.29) is 18.2 Å². The Labute approximate surface area is 115 Å². The Morgan fingerprint density at radius 3 is 2.56 bits per heavy atom. The zero-order valence-electron chi connectivity index (χ0n) is 10.7. The number of ether oxygens (including phenoxy) is 1. The molecule has 0 aromatic carbocycles. The lowest BCUT2D eigenvalue weighted by Gasteiger charge is -2.26. The second kappa shape index (κ2) is 11.4. The Hall–Kier alpha value is -0.650. The molecule has 1 fully saturated rings. The lowest BCUT2D eigenvalue weighted by atomic mass is 10.1. The SMILES string of the molecule is Cl.O=C(/C=N/O)CCCCCCN1CCOCC1. The van der Waals surface area contributed by atoms with Gasteiger partial charge in [-0.05, 0) is 19.4 Å². The van der Waals surface area contributed by atoms with Crippen molar-refractivity contribution in [1.29, 1.82) is 0 Å². The van der Waals surface area contributed by atoms with E-state index in [0.717, 1.165) is 58.3 Å². The van der Waals surface area contributed by atoms with Crippen LogP contribution in [0.1, 0.15) is 32.1 Å². The molecule has 1 saturated heterocycles. The quantitative estimate of drug-likeness (QED) is 0.318. The molecule has 0 amide bonds. The first-order valence-electron chi connectivity index (χ1n) is 6.33. The molecular formula is C12H23ClN2O3. The highest BCUT2D eigenvalue weighted by Crippen LogP contribution is 2.05. The van der Waals surface area contributed by atoms with E-state index in [1.165, 1.54) is 6.42 Å². The molecule has 0 aromatic heterocycles. The second-order valence-corrected chi connectivity index (χ2v) is 4.33. The number of hydrogen-bond acceptors (Lipinski definition) is 5. The average molecular weight is 279 g/mol. The number of hydrogen-bond donors (Lipinski definition) is 1. The molecule has 1 aliphatic heterocycles. The van der Waals surface area contributed by atoms with E-state index >= 15 is 0 Å². The van der Waals surface area contributed by atoms with Gasteiger partial charge < -0.3 is 9.94 Å². The Bertz CT molecular complexity index is 243. The van der Waals surface area contributed by atoms with Crippen LogP contribution in [0.2, 0.25) is 0 Å². The number of rotatable bonds is 8. The summed E-state index contributed by atoms with van der Waals surface area (Å²) in [7, 11) is 0. The van der Waals surface area contributed by atoms with Gasteiger partial charge in [-0.2, -0.15) is 0 Å². The standard InChI is InChI=1S/C12H22N2O3.ClH/c15-12(11-13-16)5-3-1-2-4-6-14-7-9-17-10-8-14;/h11,16H,1-10H2;1H/b13-11+;. The van der Waals surface area contributed by atoms with Gasteiger partial charge in [0.1, 0.15) is 6.21 Å². The Balaban J connectivity index is 0.00000289. The molecule has 0 aliphatic carbocycles. The summed E-state index contributed by atoms with van der Waals surface area (Å²) in [4.78, 5) is 13.4. The number of ketones is 1. The molecule has 0 spiro atoms. The summed E-state index contributed by atoms with van der Waals surface area (Å²) in [5.41, 5.74) is 0. The van der Waals surface area contributed by atoms with Crippen molar-refractivity contribution in [3.8, 4) is 0 Å². The fourth-order valence-corrected chi connectivity index (χ4v) is 1.94. The summed E-state index contributed by atoms with van der Waals surface area (Å²) < 4.78 is 5.28. The Kier molecular flexibility index (Phi) is 11.0. The summed E-state index contributed by atoms with van der Waals surface area (Å²) in [5, 5.41) is 10.9. The normalized spacial score (nSPS) is 16.7. The molecular weight excluding hydrogens is 256 g/mol. The largest absolute Gasteiger partial charge is 0.411 e. The van der Waals surface area contributed by atoms with Crippen molar-refractivity contribution in [2.45, 2.75) is 32.1 Å². The minimum atomic E-state index is -0.0966. The van der Waals surface area contributed by atoms with Crippen molar-refractivity contribution in [3.05, 3.63) is 0 Å². The lowest BCUT2D eigenvalue weighted by molar-refractivity contribution is -0.112. The molecule has 1 aliphatic rings. The molecule has 1 heterocycles. The van der Waals surface area contributed by atoms with Crippen LogP contribution in [0.25, 0.3) is 0 Å². The average Bonchev–Trinajstić information content (AvgIpc) is 2.35. The van der Waals surface area contributed by atoms with Crippen molar-refractivity contribution < 1.29 is 14.7 Å². The van der Waals surface area contributed by atoms with Gasteiger partial charge in [0.15, 0.2) is 5.78 Å². The van der Waals surface area contributed by atoms with Gasteiger partial charge >= 0.3 is 0 Å². The number of oxime groups is 1. The fourth-order valence-electron chi connectivity index (χ4n) is 1.94. The van der Waals surface area contributed by atoms with Crippen molar-refractivity contribution >= 4 is 24.4 Å². The van der Waals surface area contributed by atoms with E-state index in [1.54, 1.807) is 0 Å². The maximum Gasteiger partial charge on any atom is 0.177 e. The van der Waals surface area contributed by atoms with Crippen molar-refractivity contribution in [2.75, 3.05) is 32.8 Å². The van der Waals surface area contributed by atoms with Crippen LogP contribution in [-0.4, -0.2) is 55.0 Å². The van der Waals surface area contributed by atoms with Crippen LogP contribution in [0.15, 0.2) is 5.16 Å². The molecule has 106 valence electrons. The smallest absolute Gasteiger partial charge is 0.177 e. The molecule has 5 nitrogen and oxygen atoms in total. The zero-order chi connectivity index (χ0) is 12.3. The van der Waals surface area contributed by atoms with Gasteiger partial charge in [-0.1, -0.05) is 18.0 Å². The molecule has 1 N–H and O–H groups in total. The van der Waals surface area contributed by atoms with E-state index in [2.05, 4.69) is 10.1 Å². The predicted octanol–water partition coefficient (Wildman–Crippen LogP) is 1.72. The highest BCUT2D eigenvalue weighted by molar-refractivity contribution is 6.27. The number of carbonyl (C=O) groups is 1. The lowest BCUT2D eigenvalue weighted by Crippen LogP contribution is -2.36. The number of carbonyl (C=O) groups excluding carboxylic acids is 1. The van der Waals surface area contributed by atoms with E-state index in [1.807, 2.05) is 0 Å². The molecule has 0 bridgehead atoms. The first kappa shape index (κ1) is 17.4. The topological polar surface area (TPSA) is 62.1 Å². The Morgan fingerprint density at radius 1 is 1.22 bits per heavy atom. The van der Waals surface area contributed by atoms with Gasteiger partial charge in [0.05, 0.1) is 13.2 Å². The Morgan fingerprint density at radius 2 is 1.89 bits per heavy atom. The number of morpholine rings is 1. The molecule has 1 rings (SSSR count). The van der Waals surface area contributed by atoms with Crippen molar-refractivity contribution in [1.82, 2.24) is 4.90 Å². The monoisotopic (exact) mass is 278 g/mol. The molecule has 0 aromatic rings. The van der Waals surface area contributed by atoms with E-state index in [9.17, 15) is 4.79 Å². The van der Waals surface area contributed by atoms with Crippen LogP contribution >= 0.6 is 12.4 Å².